The molecule has 2 nitrogen and oxygen atoms in total. The van der Waals surface area contributed by atoms with E-state index in [0.717, 1.165) is 51.4 Å². The fourth-order valence-corrected chi connectivity index (χ4v) is 4.99. The van der Waals surface area contributed by atoms with Gasteiger partial charge in [0.15, 0.2) is 0 Å². The molecule has 0 aromatic heterocycles. The third kappa shape index (κ3) is 17.5. The van der Waals surface area contributed by atoms with E-state index in [1.807, 2.05) is 23.5 Å². The van der Waals surface area contributed by atoms with Gasteiger partial charge in [-0.2, -0.15) is 23.5 Å². The average molecular weight is 403 g/mol. The Morgan fingerprint density at radius 1 is 0.654 bits per heavy atom. The van der Waals surface area contributed by atoms with Crippen LogP contribution in [0.15, 0.2) is 0 Å². The second-order valence-corrected chi connectivity index (χ2v) is 10.6. The number of carbonyl (C=O) groups is 2. The summed E-state index contributed by atoms with van der Waals surface area (Å²) >= 11 is 3.91. The fourth-order valence-electron chi connectivity index (χ4n) is 2.84. The van der Waals surface area contributed by atoms with Gasteiger partial charge in [0.2, 0.25) is 0 Å². The molecular weight excluding hydrogens is 360 g/mol. The van der Waals surface area contributed by atoms with Gasteiger partial charge in [-0.3, -0.25) is 9.59 Å². The summed E-state index contributed by atoms with van der Waals surface area (Å²) in [5, 5.41) is 0.946. The van der Waals surface area contributed by atoms with Crippen molar-refractivity contribution in [2.45, 2.75) is 115 Å². The molecule has 26 heavy (non-hydrogen) atoms. The molecule has 0 rings (SSSR count). The van der Waals surface area contributed by atoms with Gasteiger partial charge in [-0.05, 0) is 37.2 Å². The first-order valence-corrected chi connectivity index (χ1v) is 12.9. The maximum Gasteiger partial charge on any atom is 0.134 e. The van der Waals surface area contributed by atoms with Gasteiger partial charge in [0.25, 0.3) is 0 Å². The molecule has 2 atom stereocenters. The van der Waals surface area contributed by atoms with Gasteiger partial charge >= 0.3 is 0 Å². The first kappa shape index (κ1) is 26.0. The molecule has 0 amide bonds. The SMILES string of the molecule is CCCCC(=O)CC(C)SCCCCCCSC(C)CC(=O)CCCC. The van der Waals surface area contributed by atoms with E-state index in [4.69, 9.17) is 0 Å². The minimum absolute atomic E-state index is 0.436. The number of hydrogen-bond donors (Lipinski definition) is 0. The van der Waals surface area contributed by atoms with Crippen LogP contribution in [0.25, 0.3) is 0 Å². The molecule has 4 heteroatoms. The fraction of sp³-hybridized carbons (Fsp3) is 0.909. The molecule has 0 saturated heterocycles. The van der Waals surface area contributed by atoms with Gasteiger partial charge in [0, 0.05) is 36.2 Å². The van der Waals surface area contributed by atoms with Gasteiger partial charge < -0.3 is 0 Å². The third-order valence-electron chi connectivity index (χ3n) is 4.49. The highest BCUT2D eigenvalue weighted by Crippen LogP contribution is 2.20. The van der Waals surface area contributed by atoms with Crippen LogP contribution in [0.2, 0.25) is 0 Å². The largest absolute Gasteiger partial charge is 0.300 e. The van der Waals surface area contributed by atoms with Crippen molar-refractivity contribution in [2.24, 2.45) is 0 Å². The Morgan fingerprint density at radius 3 is 1.38 bits per heavy atom. The van der Waals surface area contributed by atoms with Crippen molar-refractivity contribution in [1.29, 1.82) is 0 Å². The van der Waals surface area contributed by atoms with Crippen LogP contribution < -0.4 is 0 Å². The van der Waals surface area contributed by atoms with Crippen LogP contribution in [0, 0.1) is 0 Å². The Balaban J connectivity index is 3.45. The van der Waals surface area contributed by atoms with Crippen molar-refractivity contribution in [3.8, 4) is 0 Å². The summed E-state index contributed by atoms with van der Waals surface area (Å²) < 4.78 is 0. The van der Waals surface area contributed by atoms with Gasteiger partial charge in [-0.1, -0.05) is 53.4 Å². The lowest BCUT2D eigenvalue weighted by molar-refractivity contribution is -0.119. The predicted octanol–water partition coefficient (Wildman–Crippen LogP) is 7.09. The molecule has 0 aromatic carbocycles. The molecule has 0 saturated carbocycles. The standard InChI is InChI=1S/C22H42O2S2/c1-5-7-13-21(23)17-19(3)25-15-11-9-10-12-16-26-20(4)18-22(24)14-8-6-2/h19-20H,5-18H2,1-4H3. The Kier molecular flexibility index (Phi) is 18.4. The van der Waals surface area contributed by atoms with E-state index in [9.17, 15) is 9.59 Å². The van der Waals surface area contributed by atoms with Crippen LogP contribution in [0.4, 0.5) is 0 Å². The summed E-state index contributed by atoms with van der Waals surface area (Å²) in [5.41, 5.74) is 0. The maximum absolute atomic E-state index is 11.8. The van der Waals surface area contributed by atoms with E-state index in [1.54, 1.807) is 0 Å². The summed E-state index contributed by atoms with van der Waals surface area (Å²) in [6, 6.07) is 0. The van der Waals surface area contributed by atoms with Crippen molar-refractivity contribution in [1.82, 2.24) is 0 Å². The molecule has 0 radical (unpaired) electrons. The number of carbonyl (C=O) groups excluding carboxylic acids is 2. The van der Waals surface area contributed by atoms with Crippen LogP contribution in [0.3, 0.4) is 0 Å². The summed E-state index contributed by atoms with van der Waals surface area (Å²) in [7, 11) is 0. The second kappa shape index (κ2) is 18.4. The zero-order valence-electron chi connectivity index (χ0n) is 17.7. The van der Waals surface area contributed by atoms with Crippen molar-refractivity contribution < 1.29 is 9.59 Å². The van der Waals surface area contributed by atoms with Crippen molar-refractivity contribution in [3.63, 3.8) is 0 Å². The zero-order chi connectivity index (χ0) is 19.6. The van der Waals surface area contributed by atoms with Crippen molar-refractivity contribution in [3.05, 3.63) is 0 Å². The molecule has 0 N–H and O–H groups in total. The highest BCUT2D eigenvalue weighted by molar-refractivity contribution is 8.00. The minimum atomic E-state index is 0.436. The molecular formula is C22H42O2S2. The van der Waals surface area contributed by atoms with Gasteiger partial charge in [0.1, 0.15) is 11.6 Å². The summed E-state index contributed by atoms with van der Waals surface area (Å²) in [6.45, 7) is 8.65. The number of Topliss-reactive ketones (excluding diaryl/α,β-unsaturated/α-hetero) is 2. The number of ketones is 2. The van der Waals surface area contributed by atoms with Crippen LogP contribution in [0.1, 0.15) is 105 Å². The van der Waals surface area contributed by atoms with E-state index in [0.29, 0.717) is 22.1 Å². The van der Waals surface area contributed by atoms with E-state index in [2.05, 4.69) is 27.7 Å². The Labute approximate surface area is 171 Å². The topological polar surface area (TPSA) is 34.1 Å². The highest BCUT2D eigenvalue weighted by Gasteiger charge is 2.10. The van der Waals surface area contributed by atoms with E-state index >= 15 is 0 Å². The summed E-state index contributed by atoms with van der Waals surface area (Å²) in [4.78, 5) is 23.5. The summed E-state index contributed by atoms with van der Waals surface area (Å²) in [5.74, 6) is 3.23. The second-order valence-electron chi connectivity index (χ2n) is 7.47. The van der Waals surface area contributed by atoms with Gasteiger partial charge in [-0.15, -0.1) is 0 Å². The van der Waals surface area contributed by atoms with Crippen LogP contribution in [0.5, 0.6) is 0 Å². The number of rotatable bonds is 19. The van der Waals surface area contributed by atoms with Gasteiger partial charge in [-0.25, -0.2) is 0 Å². The number of hydrogen-bond acceptors (Lipinski definition) is 4. The van der Waals surface area contributed by atoms with E-state index < -0.39 is 0 Å². The van der Waals surface area contributed by atoms with Crippen LogP contribution >= 0.6 is 23.5 Å². The Bertz CT molecular complexity index is 324. The highest BCUT2D eigenvalue weighted by atomic mass is 32.2. The minimum Gasteiger partial charge on any atom is -0.300 e. The van der Waals surface area contributed by atoms with E-state index in [-0.39, 0.29) is 0 Å². The lowest BCUT2D eigenvalue weighted by Gasteiger charge is -2.11. The molecule has 2 unspecified atom stereocenters. The van der Waals surface area contributed by atoms with Crippen LogP contribution in [-0.4, -0.2) is 33.6 Å². The van der Waals surface area contributed by atoms with Crippen molar-refractivity contribution in [2.75, 3.05) is 11.5 Å². The normalized spacial score (nSPS) is 13.5. The molecule has 154 valence electrons. The molecule has 0 bridgehead atoms. The first-order chi connectivity index (χ1) is 12.5. The van der Waals surface area contributed by atoms with Gasteiger partial charge in [0.05, 0.1) is 0 Å². The first-order valence-electron chi connectivity index (χ1n) is 10.8. The maximum atomic E-state index is 11.8. The average Bonchev–Trinajstić information content (AvgIpc) is 2.60. The molecule has 0 aliphatic rings. The quantitative estimate of drug-likeness (QED) is 0.216. The lowest BCUT2D eigenvalue weighted by Crippen LogP contribution is -2.07. The summed E-state index contributed by atoms with van der Waals surface area (Å²) in [6.07, 6.45) is 12.4. The molecule has 0 fully saturated rings. The molecule has 0 heterocycles. The smallest absolute Gasteiger partial charge is 0.134 e. The molecule has 0 aliphatic heterocycles. The monoisotopic (exact) mass is 402 g/mol. The lowest BCUT2D eigenvalue weighted by atomic mass is 10.1. The zero-order valence-corrected chi connectivity index (χ0v) is 19.3. The Morgan fingerprint density at radius 2 is 1.04 bits per heavy atom. The number of unbranched alkanes of at least 4 members (excludes halogenated alkanes) is 5. The van der Waals surface area contributed by atoms with Crippen LogP contribution in [-0.2, 0) is 9.59 Å². The third-order valence-corrected chi connectivity index (χ3v) is 7.01. The molecule has 0 aromatic rings. The Hall–Kier alpha value is 0.0400. The van der Waals surface area contributed by atoms with Crippen molar-refractivity contribution >= 4 is 35.1 Å². The number of thioether (sulfide) groups is 2. The molecule has 0 spiro atoms. The predicted molar refractivity (Wildman–Crippen MR) is 121 cm³/mol. The molecule has 0 aliphatic carbocycles. The van der Waals surface area contributed by atoms with E-state index in [1.165, 1.54) is 37.2 Å².